The van der Waals surface area contributed by atoms with Crippen LogP contribution in [-0.4, -0.2) is 25.7 Å². The van der Waals surface area contributed by atoms with Crippen molar-refractivity contribution in [3.8, 4) is 12.3 Å². The van der Waals surface area contributed by atoms with E-state index in [1.807, 2.05) is 12.2 Å². The van der Waals surface area contributed by atoms with E-state index in [0.717, 1.165) is 38.9 Å². The summed E-state index contributed by atoms with van der Waals surface area (Å²) in [5, 5.41) is 2.87. The van der Waals surface area contributed by atoms with Crippen LogP contribution < -0.4 is 5.32 Å². The fourth-order valence-corrected chi connectivity index (χ4v) is 1.69. The number of unbranched alkanes of at least 4 members (excludes halogenated alkanes) is 2. The first-order chi connectivity index (χ1) is 8.83. The summed E-state index contributed by atoms with van der Waals surface area (Å²) in [5.74, 6) is 3.02. The number of terminal acetylenes is 1. The molecule has 0 aliphatic carbocycles. The second-order valence-electron chi connectivity index (χ2n) is 4.36. The normalized spacial score (nSPS) is 19.4. The molecular weight excluding hydrogens is 226 g/mol. The Balaban J connectivity index is 2.05. The molecule has 18 heavy (non-hydrogen) atoms. The van der Waals surface area contributed by atoms with E-state index in [1.165, 1.54) is 0 Å². The van der Waals surface area contributed by atoms with E-state index >= 15 is 0 Å². The van der Waals surface area contributed by atoms with Crippen LogP contribution in [0.25, 0.3) is 0 Å². The highest BCUT2D eigenvalue weighted by molar-refractivity contribution is 5.87. The summed E-state index contributed by atoms with van der Waals surface area (Å²) in [6, 6.07) is 0. The van der Waals surface area contributed by atoms with Gasteiger partial charge in [-0.05, 0) is 19.3 Å². The van der Waals surface area contributed by atoms with Crippen LogP contribution in [-0.2, 0) is 9.53 Å². The van der Waals surface area contributed by atoms with E-state index in [9.17, 15) is 4.79 Å². The van der Waals surface area contributed by atoms with Crippen molar-refractivity contribution in [2.24, 2.45) is 5.92 Å². The molecule has 1 rings (SSSR count). The van der Waals surface area contributed by atoms with E-state index in [1.54, 1.807) is 12.2 Å². The van der Waals surface area contributed by atoms with E-state index in [2.05, 4.69) is 11.2 Å². The standard InChI is InChI=1S/C15H21NO2/c1-2-3-4-5-6-7-8-9-15(17)16-12-14-10-11-18-13-14/h1,6-9,14H,3-5,10-13H2,(H,16,17)/b7-6+,9-8+. The van der Waals surface area contributed by atoms with Crippen molar-refractivity contribution in [2.45, 2.75) is 25.7 Å². The Labute approximate surface area is 109 Å². The number of allylic oxidation sites excluding steroid dienone is 3. The van der Waals surface area contributed by atoms with Crippen LogP contribution in [0, 0.1) is 18.3 Å². The third kappa shape index (κ3) is 6.93. The van der Waals surface area contributed by atoms with Crippen LogP contribution in [0.2, 0.25) is 0 Å². The maximum absolute atomic E-state index is 11.4. The molecule has 1 aliphatic rings. The fraction of sp³-hybridized carbons (Fsp3) is 0.533. The van der Waals surface area contributed by atoms with Gasteiger partial charge < -0.3 is 10.1 Å². The molecule has 0 aromatic carbocycles. The number of nitrogens with one attached hydrogen (secondary N) is 1. The number of carbonyl (C=O) groups excluding carboxylic acids is 1. The summed E-state index contributed by atoms with van der Waals surface area (Å²) in [6.07, 6.45) is 16.2. The van der Waals surface area contributed by atoms with Crippen LogP contribution in [0.5, 0.6) is 0 Å². The molecule has 0 radical (unpaired) electrons. The van der Waals surface area contributed by atoms with E-state index < -0.39 is 0 Å². The summed E-state index contributed by atoms with van der Waals surface area (Å²) >= 11 is 0. The van der Waals surface area contributed by atoms with Crippen LogP contribution in [0.1, 0.15) is 25.7 Å². The summed E-state index contributed by atoms with van der Waals surface area (Å²) in [6.45, 7) is 2.28. The molecule has 1 amide bonds. The number of ether oxygens (including phenoxy) is 1. The Morgan fingerprint density at radius 1 is 1.50 bits per heavy atom. The third-order valence-electron chi connectivity index (χ3n) is 2.78. The monoisotopic (exact) mass is 247 g/mol. The first-order valence-electron chi connectivity index (χ1n) is 6.45. The lowest BCUT2D eigenvalue weighted by Crippen LogP contribution is -2.27. The zero-order chi connectivity index (χ0) is 13.1. The van der Waals surface area contributed by atoms with Gasteiger partial charge in [0.1, 0.15) is 0 Å². The van der Waals surface area contributed by atoms with Crippen molar-refractivity contribution < 1.29 is 9.53 Å². The molecule has 3 nitrogen and oxygen atoms in total. The number of hydrogen-bond donors (Lipinski definition) is 1. The van der Waals surface area contributed by atoms with E-state index in [-0.39, 0.29) is 5.91 Å². The van der Waals surface area contributed by atoms with Gasteiger partial charge in [-0.3, -0.25) is 4.79 Å². The highest BCUT2D eigenvalue weighted by atomic mass is 16.5. The van der Waals surface area contributed by atoms with E-state index in [0.29, 0.717) is 12.5 Å². The highest BCUT2D eigenvalue weighted by Crippen LogP contribution is 2.10. The van der Waals surface area contributed by atoms with Crippen LogP contribution in [0.3, 0.4) is 0 Å². The van der Waals surface area contributed by atoms with Gasteiger partial charge in [0, 0.05) is 31.6 Å². The Morgan fingerprint density at radius 2 is 2.39 bits per heavy atom. The molecule has 1 fully saturated rings. The second kappa shape index (κ2) is 9.49. The predicted octanol–water partition coefficient (Wildman–Crippen LogP) is 2.05. The molecular formula is C15H21NO2. The summed E-state index contributed by atoms with van der Waals surface area (Å²) in [4.78, 5) is 11.4. The number of amides is 1. The zero-order valence-electron chi connectivity index (χ0n) is 10.7. The minimum atomic E-state index is -0.0461. The summed E-state index contributed by atoms with van der Waals surface area (Å²) in [7, 11) is 0. The maximum atomic E-state index is 11.4. The van der Waals surface area contributed by atoms with E-state index in [4.69, 9.17) is 11.2 Å². The Morgan fingerprint density at radius 3 is 3.11 bits per heavy atom. The first-order valence-corrected chi connectivity index (χ1v) is 6.45. The summed E-state index contributed by atoms with van der Waals surface area (Å²) in [5.41, 5.74) is 0. The molecule has 0 saturated carbocycles. The average Bonchev–Trinajstić information content (AvgIpc) is 2.88. The lowest BCUT2D eigenvalue weighted by molar-refractivity contribution is -0.116. The smallest absolute Gasteiger partial charge is 0.243 e. The Kier molecular flexibility index (Phi) is 7.66. The third-order valence-corrected chi connectivity index (χ3v) is 2.78. The van der Waals surface area contributed by atoms with Crippen LogP contribution in [0.15, 0.2) is 24.3 Å². The molecule has 98 valence electrons. The first kappa shape index (κ1) is 14.5. The molecule has 1 heterocycles. The molecule has 1 aliphatic heterocycles. The molecule has 1 N–H and O–H groups in total. The molecule has 1 unspecified atom stereocenters. The van der Waals surface area contributed by atoms with Gasteiger partial charge in [-0.15, -0.1) is 12.3 Å². The van der Waals surface area contributed by atoms with Crippen molar-refractivity contribution in [1.82, 2.24) is 5.32 Å². The van der Waals surface area contributed by atoms with Crippen molar-refractivity contribution in [1.29, 1.82) is 0 Å². The van der Waals surface area contributed by atoms with Gasteiger partial charge in [-0.25, -0.2) is 0 Å². The summed E-state index contributed by atoms with van der Waals surface area (Å²) < 4.78 is 5.24. The van der Waals surface area contributed by atoms with Gasteiger partial charge in [0.25, 0.3) is 0 Å². The Bertz CT molecular complexity index is 333. The molecule has 0 aromatic heterocycles. The largest absolute Gasteiger partial charge is 0.381 e. The highest BCUT2D eigenvalue weighted by Gasteiger charge is 2.15. The molecule has 0 spiro atoms. The number of carbonyl (C=O) groups is 1. The molecule has 0 aromatic rings. The lowest BCUT2D eigenvalue weighted by Gasteiger charge is -2.06. The topological polar surface area (TPSA) is 38.3 Å². The molecule has 0 bridgehead atoms. The van der Waals surface area contributed by atoms with Crippen LogP contribution >= 0.6 is 0 Å². The Hall–Kier alpha value is -1.53. The van der Waals surface area contributed by atoms with Gasteiger partial charge in [0.15, 0.2) is 0 Å². The van der Waals surface area contributed by atoms with Crippen LogP contribution in [0.4, 0.5) is 0 Å². The zero-order valence-corrected chi connectivity index (χ0v) is 10.7. The van der Waals surface area contributed by atoms with Gasteiger partial charge in [-0.2, -0.15) is 0 Å². The maximum Gasteiger partial charge on any atom is 0.243 e. The van der Waals surface area contributed by atoms with Crippen molar-refractivity contribution in [3.05, 3.63) is 24.3 Å². The van der Waals surface area contributed by atoms with Gasteiger partial charge in [0.2, 0.25) is 5.91 Å². The van der Waals surface area contributed by atoms with Gasteiger partial charge in [0.05, 0.1) is 6.61 Å². The predicted molar refractivity (Wildman–Crippen MR) is 72.9 cm³/mol. The van der Waals surface area contributed by atoms with Crippen molar-refractivity contribution in [2.75, 3.05) is 19.8 Å². The van der Waals surface area contributed by atoms with Crippen molar-refractivity contribution >= 4 is 5.91 Å². The SMILES string of the molecule is C#CCCC/C=C/C=C/C(=O)NCC1CCOC1. The number of hydrogen-bond acceptors (Lipinski definition) is 2. The van der Waals surface area contributed by atoms with Gasteiger partial charge >= 0.3 is 0 Å². The van der Waals surface area contributed by atoms with Crippen molar-refractivity contribution in [3.63, 3.8) is 0 Å². The second-order valence-corrected chi connectivity index (χ2v) is 4.36. The number of rotatable bonds is 7. The minimum absolute atomic E-state index is 0.0461. The fourth-order valence-electron chi connectivity index (χ4n) is 1.69. The minimum Gasteiger partial charge on any atom is -0.381 e. The molecule has 1 atom stereocenters. The van der Waals surface area contributed by atoms with Gasteiger partial charge in [-0.1, -0.05) is 18.2 Å². The quantitative estimate of drug-likeness (QED) is 0.324. The lowest BCUT2D eigenvalue weighted by atomic mass is 10.1. The average molecular weight is 247 g/mol. The molecule has 1 saturated heterocycles. The molecule has 3 heteroatoms.